The summed E-state index contributed by atoms with van der Waals surface area (Å²) < 4.78 is 5.57. The Labute approximate surface area is 173 Å². The number of unbranched alkanes of at least 4 members (excludes halogenated alkanes) is 9. The van der Waals surface area contributed by atoms with E-state index in [9.17, 15) is 10.2 Å². The second kappa shape index (κ2) is 14.6. The zero-order chi connectivity index (χ0) is 20.8. The van der Waals surface area contributed by atoms with Crippen molar-refractivity contribution in [2.45, 2.75) is 117 Å². The molecule has 1 rings (SSSR count). The third-order valence-corrected chi connectivity index (χ3v) is 5.77. The van der Waals surface area contributed by atoms with Crippen molar-refractivity contribution in [3.63, 3.8) is 0 Å². The summed E-state index contributed by atoms with van der Waals surface area (Å²) in [6, 6.07) is 0. The van der Waals surface area contributed by atoms with E-state index >= 15 is 0 Å². The second-order valence-corrected chi connectivity index (χ2v) is 8.10. The van der Waals surface area contributed by atoms with Crippen LogP contribution in [-0.2, 0) is 19.3 Å². The third-order valence-electron chi connectivity index (χ3n) is 5.77. The maximum absolute atomic E-state index is 10.8. The highest BCUT2D eigenvalue weighted by Gasteiger charge is 2.23. The van der Waals surface area contributed by atoms with Crippen molar-refractivity contribution in [2.75, 3.05) is 7.11 Å². The quantitative estimate of drug-likeness (QED) is 0.226. The van der Waals surface area contributed by atoms with Gasteiger partial charge in [-0.1, -0.05) is 78.6 Å². The summed E-state index contributed by atoms with van der Waals surface area (Å²) in [4.78, 5) is 0. The van der Waals surface area contributed by atoms with Crippen LogP contribution in [0.2, 0.25) is 0 Å². The van der Waals surface area contributed by atoms with Gasteiger partial charge in [0.2, 0.25) is 5.75 Å². The number of aromatic hydroxyl groups is 2. The molecule has 0 spiro atoms. The average Bonchev–Trinajstić information content (AvgIpc) is 2.70. The van der Waals surface area contributed by atoms with Gasteiger partial charge in [-0.05, 0) is 44.1 Å². The van der Waals surface area contributed by atoms with E-state index in [1.54, 1.807) is 7.11 Å². The van der Waals surface area contributed by atoms with Gasteiger partial charge in [0.05, 0.1) is 7.11 Å². The molecule has 0 aromatic heterocycles. The molecular formula is C25H44O3. The predicted octanol–water partition coefficient (Wildman–Crippen LogP) is 7.47. The minimum atomic E-state index is -0.0595. The topological polar surface area (TPSA) is 49.7 Å². The molecule has 3 heteroatoms. The Morgan fingerprint density at radius 1 is 0.536 bits per heavy atom. The van der Waals surface area contributed by atoms with E-state index in [0.717, 1.165) is 49.7 Å². The van der Waals surface area contributed by atoms with Gasteiger partial charge in [0, 0.05) is 11.1 Å². The number of benzene rings is 1. The van der Waals surface area contributed by atoms with Crippen LogP contribution >= 0.6 is 0 Å². The fourth-order valence-corrected chi connectivity index (χ4v) is 4.10. The summed E-state index contributed by atoms with van der Waals surface area (Å²) >= 11 is 0. The molecule has 0 saturated heterocycles. The van der Waals surface area contributed by atoms with Crippen LogP contribution in [0.4, 0.5) is 0 Å². The van der Waals surface area contributed by atoms with Gasteiger partial charge in [-0.3, -0.25) is 0 Å². The second-order valence-electron chi connectivity index (χ2n) is 8.10. The maximum Gasteiger partial charge on any atom is 0.201 e. The van der Waals surface area contributed by atoms with Gasteiger partial charge in [-0.25, -0.2) is 0 Å². The fraction of sp³-hybridized carbons (Fsp3) is 0.760. The van der Waals surface area contributed by atoms with Crippen LogP contribution in [0, 0.1) is 0 Å². The zero-order valence-electron chi connectivity index (χ0n) is 18.9. The molecule has 0 unspecified atom stereocenters. The van der Waals surface area contributed by atoms with Crippen molar-refractivity contribution in [1.82, 2.24) is 0 Å². The van der Waals surface area contributed by atoms with Crippen LogP contribution in [-0.4, -0.2) is 17.3 Å². The molecular weight excluding hydrogens is 348 g/mol. The standard InChI is InChI=1S/C25H44O3/c1-5-8-11-14-17-20-21(18-15-12-9-6-2)23(26)24(27)25(28-4)22(20)19-16-13-10-7-3/h26-27H,5-19H2,1-4H3. The molecule has 162 valence electrons. The van der Waals surface area contributed by atoms with Crippen molar-refractivity contribution in [3.05, 3.63) is 16.7 Å². The smallest absolute Gasteiger partial charge is 0.201 e. The Bertz CT molecular complexity index is 551. The number of methoxy groups -OCH3 is 1. The number of rotatable bonds is 16. The first-order valence-electron chi connectivity index (χ1n) is 11.7. The first-order valence-corrected chi connectivity index (χ1v) is 11.7. The predicted molar refractivity (Wildman–Crippen MR) is 120 cm³/mol. The Morgan fingerprint density at radius 3 is 1.39 bits per heavy atom. The number of phenols is 2. The van der Waals surface area contributed by atoms with Crippen molar-refractivity contribution >= 4 is 0 Å². The summed E-state index contributed by atoms with van der Waals surface area (Å²) in [7, 11) is 1.60. The highest BCUT2D eigenvalue weighted by atomic mass is 16.5. The molecule has 3 nitrogen and oxygen atoms in total. The number of hydrogen-bond donors (Lipinski definition) is 2. The minimum Gasteiger partial charge on any atom is -0.504 e. The van der Waals surface area contributed by atoms with E-state index < -0.39 is 0 Å². The SMILES string of the molecule is CCCCCCc1c(O)c(O)c(OC)c(CCCCCC)c1CCCCCC. The Balaban J connectivity index is 3.17. The molecule has 0 aliphatic rings. The fourth-order valence-electron chi connectivity index (χ4n) is 4.10. The van der Waals surface area contributed by atoms with Gasteiger partial charge >= 0.3 is 0 Å². The number of hydrogen-bond acceptors (Lipinski definition) is 3. The van der Waals surface area contributed by atoms with Crippen LogP contribution in [0.25, 0.3) is 0 Å². The van der Waals surface area contributed by atoms with Gasteiger partial charge in [0.25, 0.3) is 0 Å². The zero-order valence-corrected chi connectivity index (χ0v) is 18.9. The van der Waals surface area contributed by atoms with E-state index in [4.69, 9.17) is 4.74 Å². The Hall–Kier alpha value is -1.38. The lowest BCUT2D eigenvalue weighted by molar-refractivity contribution is 0.343. The molecule has 2 N–H and O–H groups in total. The molecule has 0 fully saturated rings. The molecule has 0 saturated carbocycles. The minimum absolute atomic E-state index is 0.0520. The maximum atomic E-state index is 10.8. The summed E-state index contributed by atoms with van der Waals surface area (Å²) in [6.45, 7) is 6.67. The van der Waals surface area contributed by atoms with Crippen molar-refractivity contribution < 1.29 is 14.9 Å². The average molecular weight is 393 g/mol. The number of ether oxygens (including phenoxy) is 1. The lowest BCUT2D eigenvalue weighted by Crippen LogP contribution is -2.06. The molecule has 0 aliphatic carbocycles. The molecule has 0 aliphatic heterocycles. The lowest BCUT2D eigenvalue weighted by atomic mass is 9.88. The monoisotopic (exact) mass is 392 g/mol. The van der Waals surface area contributed by atoms with Crippen LogP contribution < -0.4 is 4.74 Å². The summed E-state index contributed by atoms with van der Waals surface area (Å²) in [5, 5.41) is 21.4. The highest BCUT2D eigenvalue weighted by Crippen LogP contribution is 2.45. The van der Waals surface area contributed by atoms with Crippen molar-refractivity contribution in [3.8, 4) is 17.2 Å². The van der Waals surface area contributed by atoms with Gasteiger partial charge < -0.3 is 14.9 Å². The van der Waals surface area contributed by atoms with E-state index in [1.807, 2.05) is 0 Å². The van der Waals surface area contributed by atoms with Gasteiger partial charge in [-0.2, -0.15) is 0 Å². The summed E-state index contributed by atoms with van der Waals surface area (Å²) in [6.07, 6.45) is 16.9. The Kier molecular flexibility index (Phi) is 12.9. The van der Waals surface area contributed by atoms with Gasteiger partial charge in [-0.15, -0.1) is 0 Å². The largest absolute Gasteiger partial charge is 0.504 e. The van der Waals surface area contributed by atoms with Crippen LogP contribution in [0.3, 0.4) is 0 Å². The molecule has 28 heavy (non-hydrogen) atoms. The molecule has 0 heterocycles. The number of phenolic OH excluding ortho intramolecular Hbond substituents is 2. The van der Waals surface area contributed by atoms with Crippen LogP contribution in [0.1, 0.15) is 115 Å². The van der Waals surface area contributed by atoms with Gasteiger partial charge in [0.15, 0.2) is 11.5 Å². The van der Waals surface area contributed by atoms with E-state index in [1.165, 1.54) is 63.4 Å². The molecule has 0 bridgehead atoms. The van der Waals surface area contributed by atoms with Crippen LogP contribution in [0.5, 0.6) is 17.2 Å². The summed E-state index contributed by atoms with van der Waals surface area (Å²) in [5.74, 6) is 0.490. The lowest BCUT2D eigenvalue weighted by Gasteiger charge is -2.21. The molecule has 1 aromatic rings. The van der Waals surface area contributed by atoms with Crippen molar-refractivity contribution in [1.29, 1.82) is 0 Å². The van der Waals surface area contributed by atoms with E-state index in [-0.39, 0.29) is 11.5 Å². The summed E-state index contributed by atoms with van der Waals surface area (Å²) in [5.41, 5.74) is 3.35. The third kappa shape index (κ3) is 7.56. The van der Waals surface area contributed by atoms with Crippen molar-refractivity contribution in [2.24, 2.45) is 0 Å². The first-order chi connectivity index (χ1) is 13.6. The molecule has 0 radical (unpaired) electrons. The van der Waals surface area contributed by atoms with E-state index in [0.29, 0.717) is 5.75 Å². The molecule has 0 amide bonds. The molecule has 0 atom stereocenters. The van der Waals surface area contributed by atoms with Crippen LogP contribution in [0.15, 0.2) is 0 Å². The van der Waals surface area contributed by atoms with Gasteiger partial charge in [0.1, 0.15) is 0 Å². The van der Waals surface area contributed by atoms with E-state index in [2.05, 4.69) is 20.8 Å². The molecule has 1 aromatic carbocycles. The normalized spacial score (nSPS) is 11.1. The highest BCUT2D eigenvalue weighted by molar-refractivity contribution is 5.62. The Morgan fingerprint density at radius 2 is 0.964 bits per heavy atom. The first kappa shape index (κ1) is 24.7.